The van der Waals surface area contributed by atoms with Crippen LogP contribution in [-0.4, -0.2) is 96.7 Å². The Morgan fingerprint density at radius 2 is 0.651 bits per heavy atom. The van der Waals surface area contributed by atoms with Gasteiger partial charge in [-0.1, -0.05) is 245 Å². The molecule has 0 bridgehead atoms. The number of carbonyl (C=O) groups is 4. The van der Waals surface area contributed by atoms with E-state index >= 15 is 0 Å². The minimum atomic E-state index is -4.95. The van der Waals surface area contributed by atoms with Crippen molar-refractivity contribution in [1.82, 2.24) is 0 Å². The predicted molar refractivity (Wildman–Crippen MR) is 331 cm³/mol. The van der Waals surface area contributed by atoms with Gasteiger partial charge in [-0.3, -0.25) is 37.3 Å². The Labute approximate surface area is 503 Å². The minimum Gasteiger partial charge on any atom is -0.462 e. The summed E-state index contributed by atoms with van der Waals surface area (Å²) in [6.45, 7) is 7.02. The number of ether oxygens (including phenoxy) is 4. The van der Waals surface area contributed by atoms with Crippen LogP contribution >= 0.6 is 15.6 Å². The maximum Gasteiger partial charge on any atom is 0.472 e. The highest BCUT2D eigenvalue weighted by Gasteiger charge is 2.30. The van der Waals surface area contributed by atoms with Crippen LogP contribution in [0.2, 0.25) is 0 Å². The molecule has 0 aliphatic rings. The van der Waals surface area contributed by atoms with Crippen molar-refractivity contribution in [3.8, 4) is 0 Å². The lowest BCUT2D eigenvalue weighted by molar-refractivity contribution is -0.161. The van der Waals surface area contributed by atoms with Crippen LogP contribution in [0.25, 0.3) is 0 Å². The number of esters is 4. The van der Waals surface area contributed by atoms with Gasteiger partial charge in [0.2, 0.25) is 0 Å². The fraction of sp³-hybridized carbons (Fsp3) is 0.875. The number of aliphatic hydroxyl groups excluding tert-OH is 1. The maximum atomic E-state index is 13.0. The number of phosphoric ester groups is 2. The number of phosphoric acid groups is 2. The third-order valence-electron chi connectivity index (χ3n) is 14.2. The summed E-state index contributed by atoms with van der Waals surface area (Å²) in [7, 11) is -9.89. The van der Waals surface area contributed by atoms with Crippen LogP contribution in [0.4, 0.5) is 0 Å². The van der Waals surface area contributed by atoms with Crippen LogP contribution in [-0.2, 0) is 65.4 Å². The molecule has 0 aliphatic heterocycles. The van der Waals surface area contributed by atoms with Crippen LogP contribution in [0.15, 0.2) is 24.3 Å². The van der Waals surface area contributed by atoms with Gasteiger partial charge in [0.05, 0.1) is 26.4 Å². The highest BCUT2D eigenvalue weighted by molar-refractivity contribution is 7.47. The molecule has 0 aromatic heterocycles. The van der Waals surface area contributed by atoms with Gasteiger partial charge < -0.3 is 33.8 Å². The van der Waals surface area contributed by atoms with Gasteiger partial charge in [-0.25, -0.2) is 9.13 Å². The number of carbonyl (C=O) groups excluding carboxylic acids is 4. The molecular formula is C64H120O17P2. The van der Waals surface area contributed by atoms with Gasteiger partial charge >= 0.3 is 39.5 Å². The van der Waals surface area contributed by atoms with E-state index in [1.165, 1.54) is 103 Å². The summed E-state index contributed by atoms with van der Waals surface area (Å²) in [6, 6.07) is 0. The van der Waals surface area contributed by atoms with Gasteiger partial charge in [0.15, 0.2) is 12.2 Å². The van der Waals surface area contributed by atoms with Crippen LogP contribution in [0.1, 0.15) is 298 Å². The van der Waals surface area contributed by atoms with E-state index in [2.05, 4.69) is 58.9 Å². The minimum absolute atomic E-state index is 0.0846. The Morgan fingerprint density at radius 1 is 0.373 bits per heavy atom. The molecular weight excluding hydrogens is 1100 g/mol. The molecule has 83 heavy (non-hydrogen) atoms. The summed E-state index contributed by atoms with van der Waals surface area (Å²) in [5.41, 5.74) is 0. The first-order valence-corrected chi connectivity index (χ1v) is 35.9. The molecule has 0 saturated carbocycles. The van der Waals surface area contributed by atoms with E-state index in [-0.39, 0.29) is 25.7 Å². The number of hydrogen-bond acceptors (Lipinski definition) is 15. The molecule has 5 atom stereocenters. The smallest absolute Gasteiger partial charge is 0.462 e. The second-order valence-electron chi connectivity index (χ2n) is 22.9. The first-order chi connectivity index (χ1) is 40.0. The summed E-state index contributed by atoms with van der Waals surface area (Å²) in [6.07, 6.45) is 44.2. The molecule has 488 valence electrons. The molecule has 0 aromatic carbocycles. The fourth-order valence-electron chi connectivity index (χ4n) is 9.04. The molecule has 0 heterocycles. The molecule has 2 unspecified atom stereocenters. The van der Waals surface area contributed by atoms with Crippen molar-refractivity contribution in [2.24, 2.45) is 5.92 Å². The van der Waals surface area contributed by atoms with Crippen molar-refractivity contribution in [2.75, 3.05) is 39.6 Å². The molecule has 0 spiro atoms. The van der Waals surface area contributed by atoms with Gasteiger partial charge in [0.1, 0.15) is 19.3 Å². The van der Waals surface area contributed by atoms with Crippen molar-refractivity contribution < 1.29 is 80.2 Å². The van der Waals surface area contributed by atoms with Crippen molar-refractivity contribution in [3.05, 3.63) is 24.3 Å². The van der Waals surface area contributed by atoms with E-state index in [0.29, 0.717) is 25.7 Å². The Morgan fingerprint density at radius 3 is 0.988 bits per heavy atom. The summed E-state index contributed by atoms with van der Waals surface area (Å²) in [5.74, 6) is -1.43. The molecule has 0 rings (SSSR count). The average molecular weight is 1220 g/mol. The first-order valence-electron chi connectivity index (χ1n) is 33.0. The molecule has 0 aliphatic carbocycles. The van der Waals surface area contributed by atoms with E-state index in [1.54, 1.807) is 0 Å². The van der Waals surface area contributed by atoms with E-state index in [1.807, 2.05) is 0 Å². The third-order valence-corrected chi connectivity index (χ3v) is 16.1. The zero-order valence-electron chi connectivity index (χ0n) is 52.8. The lowest BCUT2D eigenvalue weighted by atomic mass is 10.0. The molecule has 17 nitrogen and oxygen atoms in total. The SMILES string of the molecule is CCCCCC/C=C\C=C/CCCCCCCC(=O)O[C@H](COC(=O)CCCCCCCCCCCC(C)C)COP(=O)(O)OC[C@@H](O)COP(=O)(O)OC[C@@H](COC(=O)CCCCCCC)OC(=O)CCCCCCCCCCCCC. The number of unbranched alkanes of at least 4 members (excludes halogenated alkanes) is 31. The van der Waals surface area contributed by atoms with Gasteiger partial charge in [0, 0.05) is 25.7 Å². The Bertz CT molecular complexity index is 1710. The highest BCUT2D eigenvalue weighted by Crippen LogP contribution is 2.45. The monoisotopic (exact) mass is 1220 g/mol. The van der Waals surface area contributed by atoms with Crippen LogP contribution < -0.4 is 0 Å². The van der Waals surface area contributed by atoms with Crippen molar-refractivity contribution >= 4 is 39.5 Å². The fourth-order valence-corrected chi connectivity index (χ4v) is 10.6. The Balaban J connectivity index is 5.22. The molecule has 3 N–H and O–H groups in total. The summed E-state index contributed by atoms with van der Waals surface area (Å²) < 4.78 is 67.8. The van der Waals surface area contributed by atoms with Crippen molar-refractivity contribution in [2.45, 2.75) is 316 Å². The summed E-state index contributed by atoms with van der Waals surface area (Å²) in [4.78, 5) is 71.9. The van der Waals surface area contributed by atoms with E-state index in [9.17, 15) is 43.2 Å². The topological polar surface area (TPSA) is 237 Å². The van der Waals surface area contributed by atoms with Gasteiger partial charge in [-0.15, -0.1) is 0 Å². The third kappa shape index (κ3) is 58.3. The standard InChI is InChI=1S/C64H120O17P2/c1-6-9-12-15-17-19-21-22-23-24-26-30-35-40-45-50-64(69)81-60(54-75-62(67)48-43-38-33-31-27-28-32-37-41-46-57(4)5)56-79-83(72,73)77-52-58(65)51-76-82(70,71)78-55-59(53-74-61(66)47-42-36-14-11-8-3)80-63(68)49-44-39-34-29-25-20-18-16-13-10-7-2/h19,21-23,57-60,65H,6-18,20,24-56H2,1-5H3,(H,70,71)(H,72,73)/b21-19-,23-22-/t58-,59+,60+/m0/s1. The van der Waals surface area contributed by atoms with E-state index in [0.717, 1.165) is 115 Å². The largest absolute Gasteiger partial charge is 0.472 e. The number of hydrogen-bond donors (Lipinski definition) is 3. The first kappa shape index (κ1) is 80.5. The summed E-state index contributed by atoms with van der Waals surface area (Å²) in [5, 5.41) is 10.5. The van der Waals surface area contributed by atoms with Crippen LogP contribution in [0.5, 0.6) is 0 Å². The molecule has 0 saturated heterocycles. The highest BCUT2D eigenvalue weighted by atomic mass is 31.2. The second-order valence-corrected chi connectivity index (χ2v) is 25.8. The van der Waals surface area contributed by atoms with Crippen LogP contribution in [0.3, 0.4) is 0 Å². The lowest BCUT2D eigenvalue weighted by Gasteiger charge is -2.21. The van der Waals surface area contributed by atoms with Crippen LogP contribution in [0, 0.1) is 5.92 Å². The maximum absolute atomic E-state index is 13.0. The number of rotatable bonds is 62. The number of aliphatic hydroxyl groups is 1. The normalized spacial score (nSPS) is 14.4. The van der Waals surface area contributed by atoms with Crippen molar-refractivity contribution in [3.63, 3.8) is 0 Å². The second kappa shape index (κ2) is 57.3. The predicted octanol–water partition coefficient (Wildman–Crippen LogP) is 17.3. The van der Waals surface area contributed by atoms with Gasteiger partial charge in [-0.05, 0) is 57.3 Å². The quantitative estimate of drug-likeness (QED) is 0.0169. The number of allylic oxidation sites excluding steroid dienone is 4. The zero-order chi connectivity index (χ0) is 61.3. The average Bonchev–Trinajstić information content (AvgIpc) is 3.47. The van der Waals surface area contributed by atoms with Gasteiger partial charge in [0.25, 0.3) is 0 Å². The van der Waals surface area contributed by atoms with E-state index < -0.39 is 97.5 Å². The summed E-state index contributed by atoms with van der Waals surface area (Å²) >= 11 is 0. The zero-order valence-corrected chi connectivity index (χ0v) is 54.6. The molecule has 0 fully saturated rings. The molecule has 19 heteroatoms. The van der Waals surface area contributed by atoms with Crippen molar-refractivity contribution in [1.29, 1.82) is 0 Å². The molecule has 0 radical (unpaired) electrons. The lowest BCUT2D eigenvalue weighted by Crippen LogP contribution is -2.30. The van der Waals surface area contributed by atoms with E-state index in [4.69, 9.17) is 37.0 Å². The van der Waals surface area contributed by atoms with Gasteiger partial charge in [-0.2, -0.15) is 0 Å². The Hall–Kier alpha value is -2.46. The molecule has 0 amide bonds. The molecule has 0 aromatic rings. The Kier molecular flexibility index (Phi) is 55.6.